The molecule has 32 heavy (non-hydrogen) atoms. The van der Waals surface area contributed by atoms with Crippen LogP contribution in [0.1, 0.15) is 34.7 Å². The highest BCUT2D eigenvalue weighted by atomic mass is 16.5. The molecule has 0 atom stereocenters. The van der Waals surface area contributed by atoms with E-state index in [-0.39, 0.29) is 23.3 Å². The van der Waals surface area contributed by atoms with Crippen LogP contribution in [0.4, 0.5) is 5.82 Å². The molecule has 0 saturated carbocycles. The van der Waals surface area contributed by atoms with Gasteiger partial charge in [-0.05, 0) is 42.3 Å². The maximum absolute atomic E-state index is 13.2. The minimum atomic E-state index is -1.08. The minimum absolute atomic E-state index is 0.0242. The first-order valence-electron chi connectivity index (χ1n) is 9.98. The summed E-state index contributed by atoms with van der Waals surface area (Å²) < 4.78 is 5.13. The summed E-state index contributed by atoms with van der Waals surface area (Å²) in [5, 5.41) is 8.72. The first kappa shape index (κ1) is 22.5. The number of primary amides is 1. The van der Waals surface area contributed by atoms with Crippen molar-refractivity contribution in [1.82, 2.24) is 9.97 Å². The third-order valence-electron chi connectivity index (χ3n) is 4.49. The normalized spacial score (nSPS) is 10.7. The zero-order valence-electron chi connectivity index (χ0n) is 17.7. The number of carbonyl (C=O) groups is 3. The number of carboxylic acids is 1. The number of imidazole rings is 1. The molecule has 0 aliphatic heterocycles. The van der Waals surface area contributed by atoms with Gasteiger partial charge in [-0.25, -0.2) is 9.78 Å². The monoisotopic (exact) mass is 436 g/mol. The smallest absolute Gasteiger partial charge is 0.341 e. The van der Waals surface area contributed by atoms with Gasteiger partial charge < -0.3 is 20.6 Å². The Morgan fingerprint density at radius 1 is 1.09 bits per heavy atom. The molecule has 3 aromatic rings. The van der Waals surface area contributed by atoms with E-state index in [1.807, 2.05) is 19.9 Å². The van der Waals surface area contributed by atoms with Crippen LogP contribution in [0.25, 0.3) is 11.4 Å². The van der Waals surface area contributed by atoms with E-state index in [0.29, 0.717) is 29.2 Å². The van der Waals surface area contributed by atoms with Gasteiger partial charge in [0.15, 0.2) is 12.4 Å². The highest BCUT2D eigenvalue weighted by Gasteiger charge is 2.27. The van der Waals surface area contributed by atoms with Crippen molar-refractivity contribution in [3.63, 3.8) is 0 Å². The summed E-state index contributed by atoms with van der Waals surface area (Å²) in [6.45, 7) is 3.79. The molecular weight excluding hydrogens is 412 g/mol. The van der Waals surface area contributed by atoms with Crippen LogP contribution in [0.5, 0.6) is 5.75 Å². The molecule has 0 aliphatic rings. The number of aromatic nitrogens is 2. The lowest BCUT2D eigenvalue weighted by atomic mass is 10.1. The number of rotatable bonds is 9. The summed E-state index contributed by atoms with van der Waals surface area (Å²) in [5.74, 6) is -1.14. The SMILES string of the molecule is CC(C)CN(C(=O)c1ccccc1)c1nc(-c2ccc(OCC(=O)O)cc2)[nH]c1C(N)=O. The number of nitrogens with zero attached hydrogens (tertiary/aromatic N) is 2. The predicted octanol–water partition coefficient (Wildman–Crippen LogP) is 2.94. The van der Waals surface area contributed by atoms with Crippen molar-refractivity contribution in [2.45, 2.75) is 13.8 Å². The Labute approximate surface area is 184 Å². The number of aromatic amines is 1. The molecule has 0 bridgehead atoms. The van der Waals surface area contributed by atoms with Gasteiger partial charge in [-0.15, -0.1) is 0 Å². The van der Waals surface area contributed by atoms with Crippen molar-refractivity contribution in [3.8, 4) is 17.1 Å². The molecule has 9 heteroatoms. The Morgan fingerprint density at radius 2 is 1.75 bits per heavy atom. The number of nitrogens with two attached hydrogens (primary N) is 1. The van der Waals surface area contributed by atoms with E-state index in [1.165, 1.54) is 4.90 Å². The molecule has 166 valence electrons. The molecular formula is C23H24N4O5. The van der Waals surface area contributed by atoms with Crippen LogP contribution in [-0.2, 0) is 4.79 Å². The van der Waals surface area contributed by atoms with Crippen LogP contribution in [0.15, 0.2) is 54.6 Å². The maximum Gasteiger partial charge on any atom is 0.341 e. The summed E-state index contributed by atoms with van der Waals surface area (Å²) in [6.07, 6.45) is 0. The van der Waals surface area contributed by atoms with E-state index >= 15 is 0 Å². The van der Waals surface area contributed by atoms with E-state index in [2.05, 4.69) is 9.97 Å². The summed E-state index contributed by atoms with van der Waals surface area (Å²) in [7, 11) is 0. The van der Waals surface area contributed by atoms with Gasteiger partial charge in [-0.1, -0.05) is 32.0 Å². The number of benzene rings is 2. The first-order chi connectivity index (χ1) is 15.3. The zero-order chi connectivity index (χ0) is 23.3. The van der Waals surface area contributed by atoms with Crippen LogP contribution in [-0.4, -0.2) is 46.0 Å². The van der Waals surface area contributed by atoms with Gasteiger partial charge in [-0.2, -0.15) is 0 Å². The van der Waals surface area contributed by atoms with Crippen LogP contribution in [0.2, 0.25) is 0 Å². The number of ether oxygens (including phenoxy) is 1. The second-order valence-corrected chi connectivity index (χ2v) is 7.53. The number of aliphatic carboxylic acids is 1. The van der Waals surface area contributed by atoms with E-state index in [9.17, 15) is 14.4 Å². The van der Waals surface area contributed by atoms with Crippen molar-refractivity contribution in [2.75, 3.05) is 18.1 Å². The number of hydrogen-bond acceptors (Lipinski definition) is 5. The number of nitrogens with one attached hydrogen (secondary N) is 1. The van der Waals surface area contributed by atoms with Crippen molar-refractivity contribution >= 4 is 23.6 Å². The second-order valence-electron chi connectivity index (χ2n) is 7.53. The fourth-order valence-electron chi connectivity index (χ4n) is 3.09. The van der Waals surface area contributed by atoms with Gasteiger partial charge in [0.2, 0.25) is 0 Å². The number of hydrogen-bond donors (Lipinski definition) is 3. The van der Waals surface area contributed by atoms with Crippen molar-refractivity contribution in [2.24, 2.45) is 11.7 Å². The molecule has 0 fully saturated rings. The Bertz CT molecular complexity index is 1110. The maximum atomic E-state index is 13.2. The molecule has 2 amide bonds. The van der Waals surface area contributed by atoms with Gasteiger partial charge >= 0.3 is 5.97 Å². The molecule has 0 unspecified atom stereocenters. The molecule has 2 aromatic carbocycles. The molecule has 3 rings (SSSR count). The molecule has 1 aromatic heterocycles. The lowest BCUT2D eigenvalue weighted by Crippen LogP contribution is -2.36. The first-order valence-corrected chi connectivity index (χ1v) is 9.98. The van der Waals surface area contributed by atoms with Crippen molar-refractivity contribution < 1.29 is 24.2 Å². The Hall–Kier alpha value is -4.14. The third kappa shape index (κ3) is 5.31. The molecule has 9 nitrogen and oxygen atoms in total. The standard InChI is InChI=1S/C23H24N4O5/c1-14(2)12-27(23(31)16-6-4-3-5-7-16)22-19(20(24)30)25-21(26-22)15-8-10-17(11-9-15)32-13-18(28)29/h3-11,14H,12-13H2,1-2H3,(H2,24,30)(H,25,26)(H,28,29). The van der Waals surface area contributed by atoms with Gasteiger partial charge in [0.1, 0.15) is 17.3 Å². The van der Waals surface area contributed by atoms with E-state index in [0.717, 1.165) is 0 Å². The van der Waals surface area contributed by atoms with Gasteiger partial charge in [-0.3, -0.25) is 14.5 Å². The second kappa shape index (κ2) is 9.78. The Kier molecular flexibility index (Phi) is 6.89. The average molecular weight is 436 g/mol. The van der Waals surface area contributed by atoms with Crippen LogP contribution in [0.3, 0.4) is 0 Å². The molecule has 4 N–H and O–H groups in total. The van der Waals surface area contributed by atoms with Crippen molar-refractivity contribution in [1.29, 1.82) is 0 Å². The molecule has 1 heterocycles. The average Bonchev–Trinajstić information content (AvgIpc) is 3.22. The van der Waals surface area contributed by atoms with Crippen molar-refractivity contribution in [3.05, 3.63) is 65.9 Å². The summed E-state index contributed by atoms with van der Waals surface area (Å²) in [5.41, 5.74) is 6.68. The lowest BCUT2D eigenvalue weighted by Gasteiger charge is -2.23. The third-order valence-corrected chi connectivity index (χ3v) is 4.49. The molecule has 0 spiro atoms. The number of carbonyl (C=O) groups excluding carboxylic acids is 2. The minimum Gasteiger partial charge on any atom is -0.482 e. The lowest BCUT2D eigenvalue weighted by molar-refractivity contribution is -0.139. The van der Waals surface area contributed by atoms with Gasteiger partial charge in [0, 0.05) is 17.7 Å². The predicted molar refractivity (Wildman–Crippen MR) is 119 cm³/mol. The van der Waals surface area contributed by atoms with Crippen LogP contribution in [0, 0.1) is 5.92 Å². The fourth-order valence-corrected chi connectivity index (χ4v) is 3.09. The Balaban J connectivity index is 1.98. The van der Waals surface area contributed by atoms with Gasteiger partial charge in [0.25, 0.3) is 11.8 Å². The molecule has 0 aliphatic carbocycles. The highest BCUT2D eigenvalue weighted by Crippen LogP contribution is 2.27. The zero-order valence-corrected chi connectivity index (χ0v) is 17.7. The highest BCUT2D eigenvalue weighted by molar-refractivity contribution is 6.09. The summed E-state index contributed by atoms with van der Waals surface area (Å²) in [4.78, 5) is 44.9. The number of H-pyrrole nitrogens is 1. The summed E-state index contributed by atoms with van der Waals surface area (Å²) >= 11 is 0. The number of amides is 2. The molecule has 0 saturated heterocycles. The fraction of sp³-hybridized carbons (Fsp3) is 0.217. The quantitative estimate of drug-likeness (QED) is 0.471. The van der Waals surface area contributed by atoms with Gasteiger partial charge in [0.05, 0.1) is 0 Å². The van der Waals surface area contributed by atoms with Crippen LogP contribution < -0.4 is 15.4 Å². The number of anilines is 1. The van der Waals surface area contributed by atoms with E-state index in [4.69, 9.17) is 15.6 Å². The number of carboxylic acid groups (broad SMARTS) is 1. The van der Waals surface area contributed by atoms with E-state index < -0.39 is 18.5 Å². The van der Waals surface area contributed by atoms with Crippen LogP contribution >= 0.6 is 0 Å². The largest absolute Gasteiger partial charge is 0.482 e. The molecule has 0 radical (unpaired) electrons. The van der Waals surface area contributed by atoms with E-state index in [1.54, 1.807) is 48.5 Å². The Morgan fingerprint density at radius 3 is 2.31 bits per heavy atom. The summed E-state index contributed by atoms with van der Waals surface area (Å²) in [6, 6.07) is 15.2. The topological polar surface area (TPSA) is 139 Å².